The molecule has 6 nitrogen and oxygen atoms in total. The maximum Gasteiger partial charge on any atom is 0.161 e. The summed E-state index contributed by atoms with van der Waals surface area (Å²) in [6, 6.07) is 12.0. The zero-order valence-electron chi connectivity index (χ0n) is 13.6. The molecule has 0 aliphatic carbocycles. The Hall–Kier alpha value is -2.44. The maximum atomic E-state index is 9.99. The predicted molar refractivity (Wildman–Crippen MR) is 90.8 cm³/mol. The van der Waals surface area contributed by atoms with Crippen molar-refractivity contribution in [3.05, 3.63) is 48.0 Å². The van der Waals surface area contributed by atoms with Gasteiger partial charge in [0.15, 0.2) is 23.0 Å². The number of hydrogen-bond donors (Lipinski definition) is 4. The van der Waals surface area contributed by atoms with E-state index in [1.54, 1.807) is 13.2 Å². The normalized spacial score (nSPS) is 11.9. The molecule has 0 saturated heterocycles. The van der Waals surface area contributed by atoms with Crippen LogP contribution < -0.4 is 14.8 Å². The summed E-state index contributed by atoms with van der Waals surface area (Å²) < 4.78 is 10.8. The first-order valence-electron chi connectivity index (χ1n) is 7.75. The van der Waals surface area contributed by atoms with Crippen LogP contribution in [-0.2, 0) is 6.42 Å². The van der Waals surface area contributed by atoms with Gasteiger partial charge in [0.25, 0.3) is 0 Å². The first-order valence-corrected chi connectivity index (χ1v) is 7.75. The highest BCUT2D eigenvalue weighted by molar-refractivity contribution is 5.40. The van der Waals surface area contributed by atoms with E-state index in [9.17, 15) is 15.3 Å². The Morgan fingerprint density at radius 3 is 2.50 bits per heavy atom. The minimum absolute atomic E-state index is 0.167. The predicted octanol–water partition coefficient (Wildman–Crippen LogP) is 1.68. The van der Waals surface area contributed by atoms with Crippen LogP contribution in [0.2, 0.25) is 0 Å². The van der Waals surface area contributed by atoms with E-state index in [1.807, 2.05) is 24.3 Å². The summed E-state index contributed by atoms with van der Waals surface area (Å²) in [6.07, 6.45) is -0.214. The van der Waals surface area contributed by atoms with Gasteiger partial charge in [-0.25, -0.2) is 0 Å². The van der Waals surface area contributed by atoms with Crippen molar-refractivity contribution in [2.45, 2.75) is 12.5 Å². The summed E-state index contributed by atoms with van der Waals surface area (Å²) in [5.41, 5.74) is 0.755. The summed E-state index contributed by atoms with van der Waals surface area (Å²) in [5, 5.41) is 31.8. The number of aromatic hydroxyl groups is 2. The molecule has 0 fully saturated rings. The fraction of sp³-hybridized carbons (Fsp3) is 0.333. The van der Waals surface area contributed by atoms with Gasteiger partial charge in [-0.1, -0.05) is 18.2 Å². The second-order valence-corrected chi connectivity index (χ2v) is 5.38. The zero-order chi connectivity index (χ0) is 17.4. The van der Waals surface area contributed by atoms with E-state index in [0.717, 1.165) is 5.56 Å². The Morgan fingerprint density at radius 1 is 1.04 bits per heavy atom. The Kier molecular flexibility index (Phi) is 6.72. The molecular formula is C18H23NO5. The lowest BCUT2D eigenvalue weighted by atomic mass is 10.1. The summed E-state index contributed by atoms with van der Waals surface area (Å²) in [6.45, 7) is 1.43. The summed E-state index contributed by atoms with van der Waals surface area (Å²) >= 11 is 0. The highest BCUT2D eigenvalue weighted by Crippen LogP contribution is 2.26. The second kappa shape index (κ2) is 9.00. The van der Waals surface area contributed by atoms with Crippen molar-refractivity contribution in [1.29, 1.82) is 0 Å². The molecule has 0 amide bonds. The van der Waals surface area contributed by atoms with Crippen molar-refractivity contribution in [2.24, 2.45) is 0 Å². The van der Waals surface area contributed by atoms with E-state index in [4.69, 9.17) is 9.47 Å². The molecule has 6 heteroatoms. The lowest BCUT2D eigenvalue weighted by Crippen LogP contribution is -2.31. The van der Waals surface area contributed by atoms with Gasteiger partial charge >= 0.3 is 0 Å². The molecule has 0 heterocycles. The van der Waals surface area contributed by atoms with Crippen LogP contribution in [-0.4, -0.2) is 48.2 Å². The van der Waals surface area contributed by atoms with Gasteiger partial charge < -0.3 is 30.1 Å². The van der Waals surface area contributed by atoms with Gasteiger partial charge in [0.2, 0.25) is 0 Å². The molecule has 0 unspecified atom stereocenters. The lowest BCUT2D eigenvalue weighted by molar-refractivity contribution is 0.169. The van der Waals surface area contributed by atoms with Gasteiger partial charge in [-0.3, -0.25) is 0 Å². The van der Waals surface area contributed by atoms with Gasteiger partial charge in [0.05, 0.1) is 13.2 Å². The van der Waals surface area contributed by atoms with Crippen LogP contribution in [0.5, 0.6) is 23.0 Å². The molecule has 0 aromatic heterocycles. The summed E-state index contributed by atoms with van der Waals surface area (Å²) in [5.74, 6) is 1.02. The number of phenolic OH excluding ortho intramolecular Hbond substituents is 2. The molecule has 24 heavy (non-hydrogen) atoms. The number of methoxy groups -OCH3 is 1. The Balaban J connectivity index is 1.67. The number of nitrogens with one attached hydrogen (secondary N) is 1. The van der Waals surface area contributed by atoms with Crippen LogP contribution >= 0.6 is 0 Å². The number of rotatable bonds is 9. The molecule has 1 atom stereocenters. The minimum Gasteiger partial charge on any atom is -0.504 e. The van der Waals surface area contributed by atoms with Gasteiger partial charge in [-0.2, -0.15) is 0 Å². The van der Waals surface area contributed by atoms with Crippen molar-refractivity contribution < 1.29 is 24.8 Å². The second-order valence-electron chi connectivity index (χ2n) is 5.38. The van der Waals surface area contributed by atoms with Crippen molar-refractivity contribution in [2.75, 3.05) is 26.8 Å². The number of aliphatic hydroxyl groups is 1. The van der Waals surface area contributed by atoms with Crippen LogP contribution in [0.4, 0.5) is 0 Å². The average Bonchev–Trinajstić information content (AvgIpc) is 2.58. The smallest absolute Gasteiger partial charge is 0.161 e. The molecule has 0 aliphatic rings. The quantitative estimate of drug-likeness (QED) is 0.412. The number of aliphatic hydroxyl groups excluding tert-OH is 1. The number of para-hydroxylation sites is 2. The number of benzene rings is 2. The van der Waals surface area contributed by atoms with Crippen LogP contribution in [0.1, 0.15) is 5.56 Å². The number of hydrogen-bond acceptors (Lipinski definition) is 6. The van der Waals surface area contributed by atoms with E-state index >= 15 is 0 Å². The third kappa shape index (κ3) is 5.33. The highest BCUT2D eigenvalue weighted by Gasteiger charge is 2.08. The SMILES string of the molecule is COc1ccccc1OCCNC[C@@H](O)Cc1ccc(O)c(O)c1. The van der Waals surface area contributed by atoms with Gasteiger partial charge in [-0.05, 0) is 36.2 Å². The maximum absolute atomic E-state index is 9.99. The van der Waals surface area contributed by atoms with Crippen molar-refractivity contribution in [1.82, 2.24) is 5.32 Å². The Labute approximate surface area is 141 Å². The zero-order valence-corrected chi connectivity index (χ0v) is 13.6. The van der Waals surface area contributed by atoms with Crippen LogP contribution in [0.25, 0.3) is 0 Å². The summed E-state index contributed by atoms with van der Waals surface area (Å²) in [4.78, 5) is 0. The average molecular weight is 333 g/mol. The van der Waals surface area contributed by atoms with E-state index in [2.05, 4.69) is 5.32 Å². The van der Waals surface area contributed by atoms with Crippen LogP contribution in [0.15, 0.2) is 42.5 Å². The van der Waals surface area contributed by atoms with Crippen molar-refractivity contribution in [3.8, 4) is 23.0 Å². The number of phenols is 2. The van der Waals surface area contributed by atoms with Crippen LogP contribution in [0, 0.1) is 0 Å². The molecule has 130 valence electrons. The van der Waals surface area contributed by atoms with Gasteiger partial charge in [0.1, 0.15) is 6.61 Å². The van der Waals surface area contributed by atoms with Crippen molar-refractivity contribution >= 4 is 0 Å². The Bertz CT molecular complexity index is 647. The van der Waals surface area contributed by atoms with Crippen LogP contribution in [0.3, 0.4) is 0 Å². The molecule has 0 radical (unpaired) electrons. The fourth-order valence-corrected chi connectivity index (χ4v) is 2.28. The first-order chi connectivity index (χ1) is 11.6. The first kappa shape index (κ1) is 17.9. The van der Waals surface area contributed by atoms with Gasteiger partial charge in [0, 0.05) is 13.1 Å². The monoisotopic (exact) mass is 333 g/mol. The molecular weight excluding hydrogens is 310 g/mol. The molecule has 2 aromatic carbocycles. The fourth-order valence-electron chi connectivity index (χ4n) is 2.28. The van der Waals surface area contributed by atoms with E-state index in [0.29, 0.717) is 37.6 Å². The third-order valence-electron chi connectivity index (χ3n) is 3.50. The molecule has 0 bridgehead atoms. The van der Waals surface area contributed by atoms with E-state index < -0.39 is 6.10 Å². The third-order valence-corrected chi connectivity index (χ3v) is 3.50. The summed E-state index contributed by atoms with van der Waals surface area (Å²) in [7, 11) is 1.60. The minimum atomic E-state index is -0.597. The van der Waals surface area contributed by atoms with E-state index in [1.165, 1.54) is 12.1 Å². The standard InChI is InChI=1S/C18H23NO5/c1-23-17-4-2-3-5-18(17)24-9-8-19-12-14(20)10-13-6-7-15(21)16(22)11-13/h2-7,11,14,19-22H,8-10,12H2,1H3/t14-/m0/s1. The molecule has 0 saturated carbocycles. The number of ether oxygens (including phenoxy) is 2. The van der Waals surface area contributed by atoms with Gasteiger partial charge in [-0.15, -0.1) is 0 Å². The largest absolute Gasteiger partial charge is 0.504 e. The van der Waals surface area contributed by atoms with E-state index in [-0.39, 0.29) is 11.5 Å². The highest BCUT2D eigenvalue weighted by atomic mass is 16.5. The molecule has 0 spiro atoms. The lowest BCUT2D eigenvalue weighted by Gasteiger charge is -2.14. The molecule has 2 rings (SSSR count). The Morgan fingerprint density at radius 2 is 1.79 bits per heavy atom. The molecule has 0 aliphatic heterocycles. The van der Waals surface area contributed by atoms with Crippen molar-refractivity contribution in [3.63, 3.8) is 0 Å². The molecule has 4 N–H and O–H groups in total. The molecule has 2 aromatic rings. The topological polar surface area (TPSA) is 91.2 Å².